The van der Waals surface area contributed by atoms with Crippen LogP contribution in [-0.4, -0.2) is 45.8 Å². The smallest absolute Gasteiger partial charge is 0.316 e. The van der Waals surface area contributed by atoms with Crippen LogP contribution in [0.3, 0.4) is 0 Å². The fourth-order valence-electron chi connectivity index (χ4n) is 2.05. The van der Waals surface area contributed by atoms with Crippen LogP contribution in [0.2, 0.25) is 0 Å². The Kier molecular flexibility index (Phi) is 3.58. The normalized spacial score (nSPS) is 18.7. The van der Waals surface area contributed by atoms with Crippen molar-refractivity contribution < 1.29 is 13.2 Å². The minimum Gasteiger partial charge on any atom is -0.316 e. The second-order valence-corrected chi connectivity index (χ2v) is 4.51. The number of hydrogen-bond acceptors (Lipinski definition) is 4. The Labute approximate surface area is 103 Å². The second kappa shape index (κ2) is 4.85. The number of likely N-dealkylation sites (N-methyl/N-ethyl adjacent to an activating group) is 1. The zero-order valence-corrected chi connectivity index (χ0v) is 10.3. The topological polar surface area (TPSA) is 46.0 Å². The molecule has 1 atom stereocenters. The minimum atomic E-state index is -4.42. The van der Waals surface area contributed by atoms with Crippen LogP contribution in [0.1, 0.15) is 18.6 Å². The maximum Gasteiger partial charge on any atom is 0.451 e. The summed E-state index contributed by atoms with van der Waals surface area (Å²) in [6.45, 7) is 4.09. The lowest BCUT2D eigenvalue weighted by atomic mass is 10.2. The molecule has 2 heterocycles. The maximum atomic E-state index is 12.6. The first kappa shape index (κ1) is 13.3. The van der Waals surface area contributed by atoms with Crippen LogP contribution in [0.25, 0.3) is 0 Å². The van der Waals surface area contributed by atoms with Crippen LogP contribution in [-0.2, 0) is 19.3 Å². The predicted octanol–water partition coefficient (Wildman–Crippen LogP) is 0.720. The minimum absolute atomic E-state index is 0.285. The number of halogens is 3. The van der Waals surface area contributed by atoms with E-state index in [1.165, 1.54) is 4.57 Å². The van der Waals surface area contributed by atoms with Crippen molar-refractivity contribution in [2.75, 3.05) is 20.1 Å². The highest BCUT2D eigenvalue weighted by Gasteiger charge is 2.39. The quantitative estimate of drug-likeness (QED) is 0.873. The third kappa shape index (κ3) is 2.64. The fraction of sp³-hybridized carbons (Fsp3) is 0.800. The van der Waals surface area contributed by atoms with Gasteiger partial charge in [-0.1, -0.05) is 0 Å². The molecule has 1 N–H and O–H groups in total. The lowest BCUT2D eigenvalue weighted by Crippen LogP contribution is -2.42. The Hall–Kier alpha value is -1.15. The van der Waals surface area contributed by atoms with Gasteiger partial charge >= 0.3 is 6.18 Å². The van der Waals surface area contributed by atoms with E-state index in [1.807, 2.05) is 14.0 Å². The molecule has 1 aromatic rings. The number of nitrogens with one attached hydrogen (secondary N) is 1. The number of hydrogen-bond donors (Lipinski definition) is 1. The van der Waals surface area contributed by atoms with Gasteiger partial charge in [-0.2, -0.15) is 13.2 Å². The highest BCUT2D eigenvalue weighted by molar-refractivity contribution is 5.02. The first-order valence-corrected chi connectivity index (χ1v) is 5.80. The summed E-state index contributed by atoms with van der Waals surface area (Å²) in [6.07, 6.45) is -4.42. The lowest BCUT2D eigenvalue weighted by Gasteiger charge is -2.29. The molecule has 0 amide bonds. The summed E-state index contributed by atoms with van der Waals surface area (Å²) in [5.41, 5.74) is 0. The van der Waals surface area contributed by atoms with E-state index in [9.17, 15) is 13.2 Å². The molecular formula is C10H16F3N5. The lowest BCUT2D eigenvalue weighted by molar-refractivity contribution is -0.148. The average Bonchev–Trinajstić information content (AvgIpc) is 2.71. The summed E-state index contributed by atoms with van der Waals surface area (Å²) in [4.78, 5) is 2.07. The van der Waals surface area contributed by atoms with Crippen LogP contribution in [0, 0.1) is 0 Å². The molecule has 0 spiro atoms. The number of nitrogens with zero attached hydrogens (tertiary/aromatic N) is 4. The van der Waals surface area contributed by atoms with Gasteiger partial charge in [-0.25, -0.2) is 0 Å². The Morgan fingerprint density at radius 1 is 1.33 bits per heavy atom. The summed E-state index contributed by atoms with van der Waals surface area (Å²) in [5, 5.41) is 9.99. The Morgan fingerprint density at radius 3 is 2.67 bits per heavy atom. The molecule has 0 fully saturated rings. The molecule has 0 bridgehead atoms. The zero-order valence-electron chi connectivity index (χ0n) is 10.3. The van der Waals surface area contributed by atoms with E-state index in [0.717, 1.165) is 6.54 Å². The van der Waals surface area contributed by atoms with Crippen LogP contribution in [0.5, 0.6) is 0 Å². The number of fused-ring (bicyclic) bond motifs is 1. The average molecular weight is 263 g/mol. The van der Waals surface area contributed by atoms with Crippen molar-refractivity contribution >= 4 is 0 Å². The first-order valence-electron chi connectivity index (χ1n) is 5.80. The van der Waals surface area contributed by atoms with Crippen molar-refractivity contribution in [2.24, 2.45) is 0 Å². The van der Waals surface area contributed by atoms with E-state index in [2.05, 4.69) is 20.4 Å². The van der Waals surface area contributed by atoms with Gasteiger partial charge in [-0.3, -0.25) is 4.90 Å². The van der Waals surface area contributed by atoms with Gasteiger partial charge in [0.15, 0.2) is 0 Å². The van der Waals surface area contributed by atoms with Gasteiger partial charge in [-0.05, 0) is 14.0 Å². The van der Waals surface area contributed by atoms with Crippen LogP contribution in [0.15, 0.2) is 0 Å². The molecule has 2 rings (SSSR count). The van der Waals surface area contributed by atoms with E-state index >= 15 is 0 Å². The zero-order chi connectivity index (χ0) is 13.3. The molecule has 5 nitrogen and oxygen atoms in total. The van der Waals surface area contributed by atoms with Crippen molar-refractivity contribution in [3.05, 3.63) is 11.6 Å². The summed E-state index contributed by atoms with van der Waals surface area (Å²) < 4.78 is 39.0. The van der Waals surface area contributed by atoms with Crippen molar-refractivity contribution in [1.29, 1.82) is 0 Å². The van der Waals surface area contributed by atoms with Crippen LogP contribution >= 0.6 is 0 Å². The highest BCUT2D eigenvalue weighted by atomic mass is 19.4. The van der Waals surface area contributed by atoms with Crippen LogP contribution in [0.4, 0.5) is 13.2 Å². The predicted molar refractivity (Wildman–Crippen MR) is 58.8 cm³/mol. The molecule has 0 aromatic carbocycles. The highest BCUT2D eigenvalue weighted by Crippen LogP contribution is 2.29. The molecule has 0 saturated carbocycles. The molecule has 0 aliphatic carbocycles. The largest absolute Gasteiger partial charge is 0.451 e. The van der Waals surface area contributed by atoms with E-state index < -0.39 is 12.0 Å². The second-order valence-electron chi connectivity index (χ2n) is 4.51. The van der Waals surface area contributed by atoms with Gasteiger partial charge in [0, 0.05) is 25.7 Å². The molecule has 1 unspecified atom stereocenters. The molecule has 102 valence electrons. The summed E-state index contributed by atoms with van der Waals surface area (Å²) >= 11 is 0. The summed E-state index contributed by atoms with van der Waals surface area (Å²) in [5.74, 6) is -0.504. The molecule has 0 radical (unpaired) electrons. The molecule has 1 aliphatic rings. The van der Waals surface area contributed by atoms with Crippen molar-refractivity contribution in [2.45, 2.75) is 32.2 Å². The third-order valence-corrected chi connectivity index (χ3v) is 3.11. The Morgan fingerprint density at radius 2 is 2.06 bits per heavy atom. The van der Waals surface area contributed by atoms with E-state index in [0.29, 0.717) is 25.0 Å². The van der Waals surface area contributed by atoms with Gasteiger partial charge in [-0.15, -0.1) is 10.2 Å². The molecule has 8 heteroatoms. The summed E-state index contributed by atoms with van der Waals surface area (Å²) in [6, 6.07) is 0.293. The van der Waals surface area contributed by atoms with Gasteiger partial charge in [0.05, 0.1) is 6.54 Å². The van der Waals surface area contributed by atoms with E-state index in [1.54, 1.807) is 0 Å². The van der Waals surface area contributed by atoms with Gasteiger partial charge in [0.25, 0.3) is 0 Å². The molecular weight excluding hydrogens is 247 g/mol. The van der Waals surface area contributed by atoms with E-state index in [-0.39, 0.29) is 6.54 Å². The standard InChI is InChI=1S/C10H16F3N5/c1-7(14-2)5-17-3-4-18-8(6-17)15-16-9(18)10(11,12)13/h7,14H,3-6H2,1-2H3. The van der Waals surface area contributed by atoms with Gasteiger partial charge in [0.2, 0.25) is 5.82 Å². The van der Waals surface area contributed by atoms with Crippen molar-refractivity contribution in [3.63, 3.8) is 0 Å². The number of aromatic nitrogens is 3. The fourth-order valence-corrected chi connectivity index (χ4v) is 2.05. The summed E-state index contributed by atoms with van der Waals surface area (Å²) in [7, 11) is 1.86. The maximum absolute atomic E-state index is 12.6. The monoisotopic (exact) mass is 263 g/mol. The number of rotatable bonds is 3. The van der Waals surface area contributed by atoms with Gasteiger partial charge in [0.1, 0.15) is 5.82 Å². The molecule has 1 aromatic heterocycles. The molecule has 1 aliphatic heterocycles. The van der Waals surface area contributed by atoms with Gasteiger partial charge < -0.3 is 9.88 Å². The van der Waals surface area contributed by atoms with Crippen molar-refractivity contribution in [3.8, 4) is 0 Å². The molecule has 18 heavy (non-hydrogen) atoms. The molecule has 0 saturated heterocycles. The SMILES string of the molecule is CNC(C)CN1CCn2c(nnc2C(F)(F)F)C1. The third-order valence-electron chi connectivity index (χ3n) is 3.11. The first-order chi connectivity index (χ1) is 8.41. The van der Waals surface area contributed by atoms with Crippen molar-refractivity contribution in [1.82, 2.24) is 25.0 Å². The van der Waals surface area contributed by atoms with E-state index in [4.69, 9.17) is 0 Å². The Bertz CT molecular complexity index is 414. The van der Waals surface area contributed by atoms with Crippen LogP contribution < -0.4 is 5.32 Å². The Balaban J connectivity index is 2.10. The number of alkyl halides is 3.